The maximum atomic E-state index is 12.0. The monoisotopic (exact) mass is 254 g/mol. The number of hydrogen-bond acceptors (Lipinski definition) is 1. The van der Waals surface area contributed by atoms with Crippen LogP contribution >= 0.6 is 0 Å². The average molecular weight is 254 g/mol. The van der Waals surface area contributed by atoms with Crippen molar-refractivity contribution in [3.8, 4) is 0 Å². The number of carbonyl (C=O) groups excluding carboxylic acids is 1. The number of hydrogen-bond donors (Lipinski definition) is 0. The SMILES string of the molecule is Cc1cccc2cc3n(c12)CCN1C(=O)CCC31C. The van der Waals surface area contributed by atoms with Crippen LogP contribution in [0.15, 0.2) is 24.3 Å². The third-order valence-electron chi connectivity index (χ3n) is 4.94. The fourth-order valence-corrected chi connectivity index (χ4v) is 3.92. The molecule has 1 aromatic heterocycles. The van der Waals surface area contributed by atoms with Crippen molar-refractivity contribution in [3.05, 3.63) is 35.5 Å². The number of benzene rings is 1. The van der Waals surface area contributed by atoms with E-state index in [4.69, 9.17) is 0 Å². The molecule has 19 heavy (non-hydrogen) atoms. The molecule has 0 radical (unpaired) electrons. The molecule has 1 aromatic carbocycles. The van der Waals surface area contributed by atoms with Crippen LogP contribution in [0.4, 0.5) is 0 Å². The lowest BCUT2D eigenvalue weighted by Crippen LogP contribution is -2.47. The lowest BCUT2D eigenvalue weighted by atomic mass is 9.93. The number of para-hydroxylation sites is 1. The quantitative estimate of drug-likeness (QED) is 0.709. The first kappa shape index (κ1) is 11.1. The molecule has 1 atom stereocenters. The lowest BCUT2D eigenvalue weighted by Gasteiger charge is -2.41. The van der Waals surface area contributed by atoms with Gasteiger partial charge in [-0.2, -0.15) is 0 Å². The van der Waals surface area contributed by atoms with Crippen LogP contribution in [0.1, 0.15) is 31.0 Å². The van der Waals surface area contributed by atoms with E-state index in [9.17, 15) is 4.79 Å². The summed E-state index contributed by atoms with van der Waals surface area (Å²) in [6.07, 6.45) is 1.64. The molecule has 2 aromatic rings. The first-order chi connectivity index (χ1) is 9.11. The molecule has 0 bridgehead atoms. The molecule has 1 saturated heterocycles. The second kappa shape index (κ2) is 3.41. The zero-order valence-electron chi connectivity index (χ0n) is 11.4. The number of carbonyl (C=O) groups is 1. The zero-order chi connectivity index (χ0) is 13.2. The highest BCUT2D eigenvalue weighted by molar-refractivity contribution is 5.86. The highest BCUT2D eigenvalue weighted by Gasteiger charge is 2.46. The van der Waals surface area contributed by atoms with Crippen molar-refractivity contribution in [2.45, 2.75) is 38.8 Å². The molecule has 4 rings (SSSR count). The maximum Gasteiger partial charge on any atom is 0.223 e. The molecule has 3 heteroatoms. The molecule has 1 fully saturated rings. The number of amides is 1. The first-order valence-electron chi connectivity index (χ1n) is 7.01. The van der Waals surface area contributed by atoms with Crippen molar-refractivity contribution in [2.24, 2.45) is 0 Å². The van der Waals surface area contributed by atoms with Crippen molar-refractivity contribution in [1.82, 2.24) is 9.47 Å². The molecule has 0 spiro atoms. The first-order valence-corrected chi connectivity index (χ1v) is 7.01. The minimum absolute atomic E-state index is 0.0964. The van der Waals surface area contributed by atoms with Crippen LogP contribution in [0.25, 0.3) is 10.9 Å². The van der Waals surface area contributed by atoms with Crippen LogP contribution in [-0.4, -0.2) is 21.9 Å². The Bertz CT molecular complexity index is 700. The number of fused-ring (bicyclic) bond motifs is 5. The summed E-state index contributed by atoms with van der Waals surface area (Å²) in [5.74, 6) is 0.315. The van der Waals surface area contributed by atoms with Gasteiger partial charge in [-0.05, 0) is 31.9 Å². The second-order valence-corrected chi connectivity index (χ2v) is 6.01. The topological polar surface area (TPSA) is 25.2 Å². The molecule has 0 aliphatic carbocycles. The number of aromatic nitrogens is 1. The molecule has 1 amide bonds. The second-order valence-electron chi connectivity index (χ2n) is 6.01. The van der Waals surface area contributed by atoms with Gasteiger partial charge in [0.1, 0.15) is 0 Å². The van der Waals surface area contributed by atoms with Crippen molar-refractivity contribution in [3.63, 3.8) is 0 Å². The van der Waals surface area contributed by atoms with E-state index in [0.29, 0.717) is 12.3 Å². The maximum absolute atomic E-state index is 12.0. The standard InChI is InChI=1S/C16H18N2O/c1-11-4-3-5-12-10-13-16(2)7-6-14(19)18(16)9-8-17(13)15(11)12/h3-5,10H,6-9H2,1-2H3. The van der Waals surface area contributed by atoms with Gasteiger partial charge in [-0.1, -0.05) is 18.2 Å². The molecule has 98 valence electrons. The van der Waals surface area contributed by atoms with E-state index in [-0.39, 0.29) is 5.54 Å². The molecule has 0 N–H and O–H groups in total. The van der Waals surface area contributed by atoms with Gasteiger partial charge in [0.05, 0.1) is 11.1 Å². The molecular formula is C16H18N2O. The van der Waals surface area contributed by atoms with Crippen molar-refractivity contribution < 1.29 is 4.79 Å². The van der Waals surface area contributed by atoms with Gasteiger partial charge in [0.2, 0.25) is 5.91 Å². The Morgan fingerprint density at radius 2 is 2.11 bits per heavy atom. The Kier molecular flexibility index (Phi) is 1.99. The lowest BCUT2D eigenvalue weighted by molar-refractivity contribution is -0.132. The Labute approximate surface area is 112 Å². The van der Waals surface area contributed by atoms with E-state index in [1.54, 1.807) is 0 Å². The minimum atomic E-state index is -0.0964. The number of aryl methyl sites for hydroxylation is 1. The van der Waals surface area contributed by atoms with E-state index < -0.39 is 0 Å². The molecule has 0 saturated carbocycles. The highest BCUT2D eigenvalue weighted by atomic mass is 16.2. The Morgan fingerprint density at radius 3 is 2.95 bits per heavy atom. The largest absolute Gasteiger partial charge is 0.340 e. The van der Waals surface area contributed by atoms with Crippen LogP contribution < -0.4 is 0 Å². The normalized spacial score (nSPS) is 25.8. The molecule has 1 unspecified atom stereocenters. The third-order valence-corrected chi connectivity index (χ3v) is 4.94. The van der Waals surface area contributed by atoms with Gasteiger partial charge < -0.3 is 9.47 Å². The van der Waals surface area contributed by atoms with Crippen molar-refractivity contribution >= 4 is 16.8 Å². The summed E-state index contributed by atoms with van der Waals surface area (Å²) >= 11 is 0. The van der Waals surface area contributed by atoms with E-state index in [1.165, 1.54) is 22.2 Å². The van der Waals surface area contributed by atoms with Gasteiger partial charge in [-0.15, -0.1) is 0 Å². The van der Waals surface area contributed by atoms with E-state index in [1.807, 2.05) is 0 Å². The van der Waals surface area contributed by atoms with Crippen LogP contribution in [0.5, 0.6) is 0 Å². The predicted octanol–water partition coefficient (Wildman–Crippen LogP) is 2.80. The molecular weight excluding hydrogens is 236 g/mol. The van der Waals surface area contributed by atoms with Crippen LogP contribution in [-0.2, 0) is 16.9 Å². The number of rotatable bonds is 0. The van der Waals surface area contributed by atoms with Gasteiger partial charge in [-0.25, -0.2) is 0 Å². The third kappa shape index (κ3) is 1.25. The summed E-state index contributed by atoms with van der Waals surface area (Å²) in [5.41, 5.74) is 3.89. The van der Waals surface area contributed by atoms with E-state index in [0.717, 1.165) is 19.5 Å². The number of nitrogens with zero attached hydrogens (tertiary/aromatic N) is 2. The Balaban J connectivity index is 2.03. The molecule has 3 nitrogen and oxygen atoms in total. The smallest absolute Gasteiger partial charge is 0.223 e. The van der Waals surface area contributed by atoms with Crippen LogP contribution in [0.3, 0.4) is 0 Å². The highest BCUT2D eigenvalue weighted by Crippen LogP contribution is 2.44. The molecule has 2 aliphatic heterocycles. The average Bonchev–Trinajstić information content (AvgIpc) is 2.90. The molecule has 3 heterocycles. The van der Waals surface area contributed by atoms with Gasteiger partial charge in [-0.3, -0.25) is 4.79 Å². The summed E-state index contributed by atoms with van der Waals surface area (Å²) < 4.78 is 2.43. The zero-order valence-corrected chi connectivity index (χ0v) is 11.4. The summed E-state index contributed by atoms with van der Waals surface area (Å²) in [6, 6.07) is 8.75. The van der Waals surface area contributed by atoms with Gasteiger partial charge in [0, 0.05) is 30.6 Å². The van der Waals surface area contributed by atoms with E-state index >= 15 is 0 Å². The van der Waals surface area contributed by atoms with Gasteiger partial charge in [0.15, 0.2) is 0 Å². The van der Waals surface area contributed by atoms with Crippen molar-refractivity contribution in [2.75, 3.05) is 6.54 Å². The summed E-state index contributed by atoms with van der Waals surface area (Å²) in [6.45, 7) is 6.16. The predicted molar refractivity (Wildman–Crippen MR) is 75.0 cm³/mol. The Hall–Kier alpha value is -1.77. The fourth-order valence-electron chi connectivity index (χ4n) is 3.92. The van der Waals surface area contributed by atoms with Gasteiger partial charge >= 0.3 is 0 Å². The molecule has 2 aliphatic rings. The summed E-state index contributed by atoms with van der Waals surface area (Å²) in [5, 5.41) is 1.30. The van der Waals surface area contributed by atoms with Gasteiger partial charge in [0.25, 0.3) is 0 Å². The fraction of sp³-hybridized carbons (Fsp3) is 0.438. The minimum Gasteiger partial charge on any atom is -0.340 e. The van der Waals surface area contributed by atoms with Crippen molar-refractivity contribution in [1.29, 1.82) is 0 Å². The summed E-state index contributed by atoms with van der Waals surface area (Å²) in [4.78, 5) is 14.1. The van der Waals surface area contributed by atoms with E-state index in [2.05, 4.69) is 47.6 Å². The summed E-state index contributed by atoms with van der Waals surface area (Å²) in [7, 11) is 0. The van der Waals surface area contributed by atoms with Crippen LogP contribution in [0.2, 0.25) is 0 Å². The Morgan fingerprint density at radius 1 is 1.26 bits per heavy atom. The van der Waals surface area contributed by atoms with Crippen LogP contribution in [0, 0.1) is 6.92 Å².